The van der Waals surface area contributed by atoms with E-state index in [1.165, 1.54) is 11.1 Å². The molecule has 1 saturated heterocycles. The van der Waals surface area contributed by atoms with Crippen LogP contribution in [0.5, 0.6) is 0 Å². The molecule has 0 unspecified atom stereocenters. The van der Waals surface area contributed by atoms with Crippen molar-refractivity contribution in [2.75, 3.05) is 6.61 Å². The topological polar surface area (TPSA) is 21.6 Å². The molecule has 2 aliphatic heterocycles. The maximum atomic E-state index is 5.56. The number of hydrogen-bond acceptors (Lipinski definition) is 2. The minimum absolute atomic E-state index is 0.828. The lowest BCUT2D eigenvalue weighted by Crippen LogP contribution is -1.88. The molecule has 0 saturated carbocycles. The minimum atomic E-state index is 0.828. The summed E-state index contributed by atoms with van der Waals surface area (Å²) in [5, 5.41) is 0. The summed E-state index contributed by atoms with van der Waals surface area (Å²) >= 11 is 0. The molecular formula is C10H13NO. The van der Waals surface area contributed by atoms with Gasteiger partial charge in [-0.15, -0.1) is 0 Å². The Labute approximate surface area is 72.6 Å². The molecule has 12 heavy (non-hydrogen) atoms. The van der Waals surface area contributed by atoms with Gasteiger partial charge in [0.1, 0.15) is 5.76 Å². The highest BCUT2D eigenvalue weighted by Crippen LogP contribution is 2.32. The van der Waals surface area contributed by atoms with Crippen LogP contribution in [-0.4, -0.2) is 12.8 Å². The van der Waals surface area contributed by atoms with Gasteiger partial charge in [0, 0.05) is 30.3 Å². The third-order valence-electron chi connectivity index (χ3n) is 2.38. The van der Waals surface area contributed by atoms with E-state index in [1.807, 2.05) is 6.21 Å². The predicted octanol–water partition coefficient (Wildman–Crippen LogP) is 2.43. The molecule has 2 heteroatoms. The first-order chi connectivity index (χ1) is 5.79. The molecule has 0 atom stereocenters. The molecule has 0 bridgehead atoms. The van der Waals surface area contributed by atoms with Crippen LogP contribution in [0.1, 0.15) is 26.7 Å². The fourth-order valence-electron chi connectivity index (χ4n) is 1.67. The SMILES string of the molecule is CC1=C2OCCC2=C(C)N=CC1. The van der Waals surface area contributed by atoms with Crippen LogP contribution < -0.4 is 0 Å². The molecule has 0 aliphatic carbocycles. The molecule has 0 radical (unpaired) electrons. The molecule has 64 valence electrons. The lowest BCUT2D eigenvalue weighted by atomic mass is 10.1. The molecule has 0 aromatic rings. The third-order valence-corrected chi connectivity index (χ3v) is 2.38. The quantitative estimate of drug-likeness (QED) is 0.537. The van der Waals surface area contributed by atoms with Gasteiger partial charge in [-0.05, 0) is 19.4 Å². The second kappa shape index (κ2) is 2.77. The smallest absolute Gasteiger partial charge is 0.123 e. The number of ether oxygens (including phenoxy) is 1. The lowest BCUT2D eigenvalue weighted by Gasteiger charge is -2.03. The molecule has 0 spiro atoms. The van der Waals surface area contributed by atoms with E-state index in [0.717, 1.165) is 30.9 Å². The van der Waals surface area contributed by atoms with Crippen molar-refractivity contribution in [2.45, 2.75) is 26.7 Å². The first-order valence-electron chi connectivity index (χ1n) is 4.34. The van der Waals surface area contributed by atoms with E-state index in [1.54, 1.807) is 0 Å². The molecule has 2 heterocycles. The third kappa shape index (κ3) is 1.07. The molecular weight excluding hydrogens is 150 g/mol. The summed E-state index contributed by atoms with van der Waals surface area (Å²) in [6, 6.07) is 0. The summed E-state index contributed by atoms with van der Waals surface area (Å²) in [4.78, 5) is 4.35. The largest absolute Gasteiger partial charge is 0.493 e. The fraction of sp³-hybridized carbons (Fsp3) is 0.500. The summed E-state index contributed by atoms with van der Waals surface area (Å²) < 4.78 is 5.56. The van der Waals surface area contributed by atoms with Crippen molar-refractivity contribution in [3.05, 3.63) is 22.6 Å². The predicted molar refractivity (Wildman–Crippen MR) is 49.1 cm³/mol. The zero-order chi connectivity index (χ0) is 8.55. The van der Waals surface area contributed by atoms with E-state index < -0.39 is 0 Å². The zero-order valence-electron chi connectivity index (χ0n) is 7.55. The Balaban J connectivity index is 2.51. The van der Waals surface area contributed by atoms with Crippen molar-refractivity contribution in [1.82, 2.24) is 0 Å². The van der Waals surface area contributed by atoms with Crippen LogP contribution in [0.2, 0.25) is 0 Å². The van der Waals surface area contributed by atoms with Gasteiger partial charge < -0.3 is 4.74 Å². The van der Waals surface area contributed by atoms with Crippen molar-refractivity contribution in [3.8, 4) is 0 Å². The summed E-state index contributed by atoms with van der Waals surface area (Å²) in [6.45, 7) is 5.00. The molecule has 0 N–H and O–H groups in total. The Bertz CT molecular complexity index is 297. The van der Waals surface area contributed by atoms with Crippen molar-refractivity contribution in [3.63, 3.8) is 0 Å². The lowest BCUT2D eigenvalue weighted by molar-refractivity contribution is 0.262. The van der Waals surface area contributed by atoms with Crippen molar-refractivity contribution in [1.29, 1.82) is 0 Å². The second-order valence-electron chi connectivity index (χ2n) is 3.29. The van der Waals surface area contributed by atoms with Crippen LogP contribution in [0.3, 0.4) is 0 Å². The standard InChI is InChI=1S/C10H13NO/c1-7-3-5-11-8(2)9-4-6-12-10(7)9/h5H,3-4,6H2,1-2H3. The highest BCUT2D eigenvalue weighted by atomic mass is 16.5. The van der Waals surface area contributed by atoms with Gasteiger partial charge in [-0.25, -0.2) is 0 Å². The normalized spacial score (nSPS) is 22.5. The van der Waals surface area contributed by atoms with Gasteiger partial charge in [-0.3, -0.25) is 4.99 Å². The number of allylic oxidation sites excluding steroid dienone is 3. The second-order valence-corrected chi connectivity index (χ2v) is 3.29. The Morgan fingerprint density at radius 1 is 1.42 bits per heavy atom. The van der Waals surface area contributed by atoms with Gasteiger partial charge in [0.15, 0.2) is 0 Å². The van der Waals surface area contributed by atoms with Crippen LogP contribution in [-0.2, 0) is 4.74 Å². The van der Waals surface area contributed by atoms with Crippen LogP contribution in [0, 0.1) is 0 Å². The maximum absolute atomic E-state index is 5.56. The van der Waals surface area contributed by atoms with Gasteiger partial charge in [-0.2, -0.15) is 0 Å². The van der Waals surface area contributed by atoms with Crippen LogP contribution in [0.4, 0.5) is 0 Å². The first kappa shape index (κ1) is 7.59. The van der Waals surface area contributed by atoms with E-state index in [4.69, 9.17) is 4.74 Å². The average Bonchev–Trinajstić information content (AvgIpc) is 2.47. The minimum Gasteiger partial charge on any atom is -0.493 e. The van der Waals surface area contributed by atoms with Crippen molar-refractivity contribution >= 4 is 6.21 Å². The van der Waals surface area contributed by atoms with Gasteiger partial charge in [0.25, 0.3) is 0 Å². The van der Waals surface area contributed by atoms with E-state index in [0.29, 0.717) is 0 Å². The molecule has 2 rings (SSSR count). The molecule has 0 aromatic carbocycles. The Morgan fingerprint density at radius 3 is 3.08 bits per heavy atom. The van der Waals surface area contributed by atoms with Crippen LogP contribution in [0.25, 0.3) is 0 Å². The van der Waals surface area contributed by atoms with E-state index in [2.05, 4.69) is 18.8 Å². The van der Waals surface area contributed by atoms with Crippen molar-refractivity contribution < 1.29 is 4.74 Å². The molecule has 2 aliphatic rings. The fourth-order valence-corrected chi connectivity index (χ4v) is 1.67. The Hall–Kier alpha value is -1.05. The van der Waals surface area contributed by atoms with Crippen LogP contribution >= 0.6 is 0 Å². The van der Waals surface area contributed by atoms with Gasteiger partial charge in [0.05, 0.1) is 6.61 Å². The molecule has 1 fully saturated rings. The monoisotopic (exact) mass is 163 g/mol. The number of rotatable bonds is 0. The van der Waals surface area contributed by atoms with E-state index >= 15 is 0 Å². The van der Waals surface area contributed by atoms with Gasteiger partial charge >= 0.3 is 0 Å². The van der Waals surface area contributed by atoms with E-state index in [-0.39, 0.29) is 0 Å². The highest BCUT2D eigenvalue weighted by Gasteiger charge is 2.20. The maximum Gasteiger partial charge on any atom is 0.123 e. The summed E-state index contributed by atoms with van der Waals surface area (Å²) in [5.74, 6) is 1.10. The Kier molecular flexibility index (Phi) is 1.75. The van der Waals surface area contributed by atoms with Crippen molar-refractivity contribution in [2.24, 2.45) is 4.99 Å². The van der Waals surface area contributed by atoms with E-state index in [9.17, 15) is 0 Å². The number of fused-ring (bicyclic) bond motifs is 1. The summed E-state index contributed by atoms with van der Waals surface area (Å²) in [6.07, 6.45) is 3.92. The molecule has 0 aromatic heterocycles. The summed E-state index contributed by atoms with van der Waals surface area (Å²) in [5.41, 5.74) is 3.74. The number of nitrogens with zero attached hydrogens (tertiary/aromatic N) is 1. The average molecular weight is 163 g/mol. The van der Waals surface area contributed by atoms with Crippen LogP contribution in [0.15, 0.2) is 27.6 Å². The van der Waals surface area contributed by atoms with Gasteiger partial charge in [-0.1, -0.05) is 0 Å². The molecule has 0 amide bonds. The Morgan fingerprint density at radius 2 is 2.25 bits per heavy atom. The number of hydrogen-bond donors (Lipinski definition) is 0. The summed E-state index contributed by atoms with van der Waals surface area (Å²) in [7, 11) is 0. The zero-order valence-corrected chi connectivity index (χ0v) is 7.55. The first-order valence-corrected chi connectivity index (χ1v) is 4.34. The molecule has 2 nitrogen and oxygen atoms in total. The van der Waals surface area contributed by atoms with Gasteiger partial charge in [0.2, 0.25) is 0 Å². The highest BCUT2D eigenvalue weighted by molar-refractivity contribution is 5.65. The number of aliphatic imine (C=N–C) groups is 1.